The quantitative estimate of drug-likeness (QED) is 0.425. The number of likely N-dealkylation sites (tertiary alicyclic amines) is 1. The number of benzene rings is 1. The largest absolute Gasteiger partial charge is 0.480 e. The van der Waals surface area contributed by atoms with E-state index in [4.69, 9.17) is 15.8 Å². The first-order chi connectivity index (χ1) is 12.8. The molecule has 1 unspecified atom stereocenters. The number of aliphatic carboxylic acids is 1. The lowest BCUT2D eigenvalue weighted by Crippen LogP contribution is -2.55. The van der Waals surface area contributed by atoms with Crippen molar-refractivity contribution in [1.29, 1.82) is 0 Å². The highest BCUT2D eigenvalue weighted by atomic mass is 16.4. The minimum absolute atomic E-state index is 0.188. The first kappa shape index (κ1) is 20.3. The Morgan fingerprint density at radius 2 is 2.19 bits per heavy atom. The predicted octanol–water partition coefficient (Wildman–Crippen LogP) is -0.0238. The van der Waals surface area contributed by atoms with Gasteiger partial charge in [0, 0.05) is 38.1 Å². The summed E-state index contributed by atoms with van der Waals surface area (Å²) < 4.78 is 0. The molecule has 3 atom stereocenters. The minimum Gasteiger partial charge on any atom is -0.480 e. The Morgan fingerprint density at radius 1 is 1.41 bits per heavy atom. The van der Waals surface area contributed by atoms with E-state index in [9.17, 15) is 9.90 Å². The Hall–Kier alpha value is -1.45. The van der Waals surface area contributed by atoms with Crippen LogP contribution in [-0.4, -0.2) is 64.4 Å². The maximum Gasteiger partial charge on any atom is 0.451 e. The predicted molar refractivity (Wildman–Crippen MR) is 104 cm³/mol. The molecule has 0 aliphatic carbocycles. The number of rotatable bonds is 7. The fraction of sp³-hybridized carbons (Fsp3) is 0.632. The maximum atomic E-state index is 11.8. The molecule has 6 N–H and O–H groups in total. The molecule has 148 valence electrons. The molecule has 0 saturated carbocycles. The van der Waals surface area contributed by atoms with E-state index < -0.39 is 18.6 Å². The van der Waals surface area contributed by atoms with Gasteiger partial charge in [0.05, 0.1) is 0 Å². The molecule has 0 radical (unpaired) electrons. The molecule has 0 aromatic heterocycles. The summed E-state index contributed by atoms with van der Waals surface area (Å²) in [5.41, 5.74) is 8.95. The van der Waals surface area contributed by atoms with Crippen LogP contribution in [-0.2, 0) is 17.8 Å². The number of aryl methyl sites for hydroxylation is 1. The summed E-state index contributed by atoms with van der Waals surface area (Å²) in [5.74, 6) is -1.16. The van der Waals surface area contributed by atoms with Crippen LogP contribution in [0.25, 0.3) is 0 Å². The number of carboxylic acid groups (broad SMARTS) is 1. The second-order valence-electron chi connectivity index (χ2n) is 8.20. The van der Waals surface area contributed by atoms with Gasteiger partial charge in [-0.1, -0.05) is 30.2 Å². The van der Waals surface area contributed by atoms with Gasteiger partial charge >= 0.3 is 13.1 Å². The molecular formula is C19H30BN3O4. The summed E-state index contributed by atoms with van der Waals surface area (Å²) >= 11 is 0. The maximum absolute atomic E-state index is 11.8. The van der Waals surface area contributed by atoms with Gasteiger partial charge in [-0.2, -0.15) is 0 Å². The van der Waals surface area contributed by atoms with Crippen LogP contribution in [0.5, 0.6) is 0 Å². The Morgan fingerprint density at radius 3 is 2.89 bits per heavy atom. The van der Waals surface area contributed by atoms with Gasteiger partial charge in [0.1, 0.15) is 5.54 Å². The number of hydrogen-bond acceptors (Lipinski definition) is 6. The van der Waals surface area contributed by atoms with Crippen LogP contribution in [0.3, 0.4) is 0 Å². The van der Waals surface area contributed by atoms with Crippen LogP contribution in [0.1, 0.15) is 29.5 Å². The van der Waals surface area contributed by atoms with Crippen molar-refractivity contribution in [2.75, 3.05) is 19.6 Å². The summed E-state index contributed by atoms with van der Waals surface area (Å²) in [6.07, 6.45) is 2.30. The molecule has 0 amide bonds. The van der Waals surface area contributed by atoms with Crippen LogP contribution in [0.2, 0.25) is 6.32 Å². The third kappa shape index (κ3) is 4.70. The zero-order valence-corrected chi connectivity index (χ0v) is 15.9. The Labute approximate surface area is 160 Å². The average molecular weight is 375 g/mol. The van der Waals surface area contributed by atoms with Gasteiger partial charge in [0.2, 0.25) is 0 Å². The highest BCUT2D eigenvalue weighted by Gasteiger charge is 2.49. The van der Waals surface area contributed by atoms with Crippen molar-refractivity contribution in [1.82, 2.24) is 10.2 Å². The first-order valence-electron chi connectivity index (χ1n) is 9.70. The molecule has 0 bridgehead atoms. The fourth-order valence-corrected chi connectivity index (χ4v) is 4.47. The molecular weight excluding hydrogens is 345 g/mol. The molecule has 2 aliphatic heterocycles. The van der Waals surface area contributed by atoms with Gasteiger partial charge in [-0.3, -0.25) is 9.69 Å². The van der Waals surface area contributed by atoms with E-state index in [0.717, 1.165) is 19.5 Å². The second kappa shape index (κ2) is 8.28. The average Bonchev–Trinajstić information content (AvgIpc) is 2.91. The topological polar surface area (TPSA) is 119 Å². The molecule has 27 heavy (non-hydrogen) atoms. The van der Waals surface area contributed by atoms with Crippen molar-refractivity contribution in [3.63, 3.8) is 0 Å². The highest BCUT2D eigenvalue weighted by molar-refractivity contribution is 6.40. The highest BCUT2D eigenvalue weighted by Crippen LogP contribution is 2.31. The molecule has 3 rings (SSSR count). The number of hydrogen-bond donors (Lipinski definition) is 5. The van der Waals surface area contributed by atoms with Gasteiger partial charge in [0.15, 0.2) is 0 Å². The summed E-state index contributed by atoms with van der Waals surface area (Å²) in [5, 5.41) is 31.3. The van der Waals surface area contributed by atoms with Crippen molar-refractivity contribution in [2.45, 2.75) is 50.6 Å². The fourth-order valence-electron chi connectivity index (χ4n) is 4.47. The van der Waals surface area contributed by atoms with Crippen LogP contribution in [0.4, 0.5) is 0 Å². The number of carboxylic acids is 1. The van der Waals surface area contributed by atoms with Crippen molar-refractivity contribution >= 4 is 13.1 Å². The number of nitrogens with zero attached hydrogens (tertiary/aromatic N) is 1. The molecule has 1 aromatic carbocycles. The number of nitrogens with one attached hydrogen (secondary N) is 1. The number of nitrogens with two attached hydrogens (primary N) is 1. The van der Waals surface area contributed by atoms with E-state index in [0.29, 0.717) is 25.9 Å². The molecule has 1 saturated heterocycles. The molecule has 2 aliphatic rings. The lowest BCUT2D eigenvalue weighted by atomic mass is 9.78. The summed E-state index contributed by atoms with van der Waals surface area (Å²) in [7, 11) is -1.35. The van der Waals surface area contributed by atoms with Crippen LogP contribution in [0.15, 0.2) is 18.2 Å². The van der Waals surface area contributed by atoms with Crippen molar-refractivity contribution in [3.8, 4) is 0 Å². The first-order valence-corrected chi connectivity index (χ1v) is 9.70. The second-order valence-corrected chi connectivity index (χ2v) is 8.20. The zero-order valence-electron chi connectivity index (χ0n) is 15.9. The van der Waals surface area contributed by atoms with Gasteiger partial charge < -0.3 is 26.2 Å². The molecule has 0 spiro atoms. The summed E-state index contributed by atoms with van der Waals surface area (Å²) in [6, 6.07) is 6.82. The Kier molecular flexibility index (Phi) is 6.23. The van der Waals surface area contributed by atoms with Gasteiger partial charge in [-0.15, -0.1) is 0 Å². The summed E-state index contributed by atoms with van der Waals surface area (Å²) in [4.78, 5) is 13.9. The number of fused-ring (bicyclic) bond motifs is 1. The van der Waals surface area contributed by atoms with E-state index in [1.54, 1.807) is 0 Å². The van der Waals surface area contributed by atoms with Crippen LogP contribution < -0.4 is 11.1 Å². The molecule has 1 fully saturated rings. The SMILES string of the molecule is Cc1ccc2c(c1)CNC(CN1C[C@H](CCCB(O)O)[C@](N)(C(=O)O)C1)C2. The third-order valence-corrected chi connectivity index (χ3v) is 5.99. The molecule has 8 heteroatoms. The summed E-state index contributed by atoms with van der Waals surface area (Å²) in [6.45, 7) is 4.65. The third-order valence-electron chi connectivity index (χ3n) is 5.99. The van der Waals surface area contributed by atoms with E-state index >= 15 is 0 Å². The Balaban J connectivity index is 1.60. The van der Waals surface area contributed by atoms with E-state index in [-0.39, 0.29) is 18.3 Å². The van der Waals surface area contributed by atoms with Crippen LogP contribution >= 0.6 is 0 Å². The lowest BCUT2D eigenvalue weighted by molar-refractivity contribution is -0.144. The molecule has 7 nitrogen and oxygen atoms in total. The smallest absolute Gasteiger partial charge is 0.451 e. The van der Waals surface area contributed by atoms with Crippen molar-refractivity contribution in [3.05, 3.63) is 34.9 Å². The van der Waals surface area contributed by atoms with Crippen LogP contribution in [0, 0.1) is 12.8 Å². The zero-order chi connectivity index (χ0) is 19.6. The Bertz CT molecular complexity index is 687. The van der Waals surface area contributed by atoms with E-state index in [1.807, 2.05) is 0 Å². The van der Waals surface area contributed by atoms with E-state index in [1.165, 1.54) is 16.7 Å². The molecule has 1 aromatic rings. The lowest BCUT2D eigenvalue weighted by Gasteiger charge is -2.30. The van der Waals surface area contributed by atoms with Gasteiger partial charge in [-0.25, -0.2) is 0 Å². The van der Waals surface area contributed by atoms with Crippen molar-refractivity contribution < 1.29 is 19.9 Å². The standard InChI is InChI=1S/C19H30BN3O4/c1-13-4-5-14-8-17(22-9-15(14)7-13)11-23-10-16(3-2-6-20(26)27)19(21,12-23)18(24)25/h4-5,7,16-17,22,26-27H,2-3,6,8-12,21H2,1H3,(H,24,25)/t16-,17?,19-/m0/s1. The van der Waals surface area contributed by atoms with Crippen molar-refractivity contribution in [2.24, 2.45) is 11.7 Å². The van der Waals surface area contributed by atoms with Gasteiger partial charge in [-0.05, 0) is 37.2 Å². The van der Waals surface area contributed by atoms with E-state index in [2.05, 4.69) is 35.3 Å². The number of carbonyl (C=O) groups is 1. The minimum atomic E-state index is -1.35. The molecule has 2 heterocycles. The normalized spacial score (nSPS) is 28.1. The van der Waals surface area contributed by atoms with Gasteiger partial charge in [0.25, 0.3) is 0 Å². The monoisotopic (exact) mass is 375 g/mol.